The standard InChI is InChI=1S/C21H17F3N6/c22-21(23,24)13-6-8-14(9-7-13)26-20-27-15(11-17(25)28-20)18-16-3-1-2-10-30(16)29-19(18)12-4-5-12/h1-3,6-12H,4-5H2,(H3,25,26,27,28). The minimum atomic E-state index is -4.39. The lowest BCUT2D eigenvalue weighted by Crippen LogP contribution is -2.05. The minimum absolute atomic E-state index is 0.210. The third kappa shape index (κ3) is 3.42. The molecule has 0 bridgehead atoms. The van der Waals surface area contributed by atoms with Gasteiger partial charge in [0, 0.05) is 29.4 Å². The molecule has 0 unspecified atom stereocenters. The Labute approximate surface area is 169 Å². The average molecular weight is 410 g/mol. The number of halogens is 3. The van der Waals surface area contributed by atoms with Gasteiger partial charge in [-0.2, -0.15) is 23.3 Å². The van der Waals surface area contributed by atoms with Crippen LogP contribution in [0.1, 0.15) is 30.0 Å². The van der Waals surface area contributed by atoms with Gasteiger partial charge in [-0.25, -0.2) is 9.50 Å². The fourth-order valence-corrected chi connectivity index (χ4v) is 3.44. The molecule has 152 valence electrons. The zero-order valence-electron chi connectivity index (χ0n) is 15.7. The van der Waals surface area contributed by atoms with Gasteiger partial charge in [0.1, 0.15) is 5.82 Å². The fraction of sp³-hybridized carbons (Fsp3) is 0.190. The Morgan fingerprint density at radius 1 is 1.03 bits per heavy atom. The van der Waals surface area contributed by atoms with Crippen molar-refractivity contribution < 1.29 is 13.2 Å². The molecule has 4 aromatic rings. The summed E-state index contributed by atoms with van der Waals surface area (Å²) in [5.41, 5.74) is 9.15. The topological polar surface area (TPSA) is 81.1 Å². The number of hydrogen-bond acceptors (Lipinski definition) is 5. The van der Waals surface area contributed by atoms with Gasteiger partial charge in [-0.15, -0.1) is 0 Å². The Morgan fingerprint density at radius 2 is 1.80 bits per heavy atom. The summed E-state index contributed by atoms with van der Waals surface area (Å²) in [7, 11) is 0. The molecule has 3 N–H and O–H groups in total. The molecule has 1 aromatic carbocycles. The Hall–Kier alpha value is -3.62. The molecule has 6 nitrogen and oxygen atoms in total. The monoisotopic (exact) mass is 410 g/mol. The highest BCUT2D eigenvalue weighted by Gasteiger charge is 2.32. The number of hydrogen-bond donors (Lipinski definition) is 2. The zero-order chi connectivity index (χ0) is 20.9. The highest BCUT2D eigenvalue weighted by molar-refractivity contribution is 5.82. The summed E-state index contributed by atoms with van der Waals surface area (Å²) in [6, 6.07) is 12.2. The van der Waals surface area contributed by atoms with Crippen LogP contribution in [0.5, 0.6) is 0 Å². The number of nitrogens with two attached hydrogens (primary N) is 1. The van der Waals surface area contributed by atoms with Gasteiger partial charge in [0.25, 0.3) is 0 Å². The van der Waals surface area contributed by atoms with Crippen LogP contribution >= 0.6 is 0 Å². The lowest BCUT2D eigenvalue weighted by Gasteiger charge is -2.10. The van der Waals surface area contributed by atoms with Gasteiger partial charge in [-0.1, -0.05) is 6.07 Å². The van der Waals surface area contributed by atoms with Crippen molar-refractivity contribution in [3.05, 3.63) is 66.0 Å². The summed E-state index contributed by atoms with van der Waals surface area (Å²) in [4.78, 5) is 8.77. The van der Waals surface area contributed by atoms with E-state index in [0.29, 0.717) is 17.3 Å². The van der Waals surface area contributed by atoms with Crippen LogP contribution in [-0.2, 0) is 6.18 Å². The normalized spacial score (nSPS) is 14.2. The molecule has 0 saturated heterocycles. The molecular formula is C21H17F3N6. The van der Waals surface area contributed by atoms with Crippen molar-refractivity contribution in [1.29, 1.82) is 0 Å². The number of benzene rings is 1. The molecule has 0 radical (unpaired) electrons. The van der Waals surface area contributed by atoms with Crippen molar-refractivity contribution in [3.63, 3.8) is 0 Å². The second-order valence-electron chi connectivity index (χ2n) is 7.27. The van der Waals surface area contributed by atoms with Crippen molar-refractivity contribution in [2.45, 2.75) is 24.9 Å². The molecule has 3 heterocycles. The van der Waals surface area contributed by atoms with Crippen LogP contribution in [-0.4, -0.2) is 19.6 Å². The van der Waals surface area contributed by atoms with Crippen molar-refractivity contribution in [2.75, 3.05) is 11.1 Å². The van der Waals surface area contributed by atoms with Crippen molar-refractivity contribution in [2.24, 2.45) is 0 Å². The summed E-state index contributed by atoms with van der Waals surface area (Å²) in [5.74, 6) is 0.857. The van der Waals surface area contributed by atoms with Crippen LogP contribution in [0, 0.1) is 0 Å². The first kappa shape index (κ1) is 18.4. The molecule has 0 aliphatic heterocycles. The highest BCUT2D eigenvalue weighted by atomic mass is 19.4. The molecule has 1 saturated carbocycles. The van der Waals surface area contributed by atoms with Crippen molar-refractivity contribution in [3.8, 4) is 11.3 Å². The molecule has 1 aliphatic carbocycles. The largest absolute Gasteiger partial charge is 0.416 e. The van der Waals surface area contributed by atoms with Crippen LogP contribution in [0.25, 0.3) is 16.8 Å². The van der Waals surface area contributed by atoms with E-state index in [2.05, 4.69) is 15.3 Å². The van der Waals surface area contributed by atoms with E-state index < -0.39 is 11.7 Å². The predicted octanol–water partition coefficient (Wildman–Crippen LogP) is 5.01. The summed E-state index contributed by atoms with van der Waals surface area (Å²) in [6.45, 7) is 0. The number of rotatable bonds is 4. The van der Waals surface area contributed by atoms with Gasteiger partial charge >= 0.3 is 6.18 Å². The molecule has 5 rings (SSSR count). The molecule has 1 fully saturated rings. The molecule has 30 heavy (non-hydrogen) atoms. The third-order valence-corrected chi connectivity index (χ3v) is 5.00. The van der Waals surface area contributed by atoms with Crippen LogP contribution < -0.4 is 11.1 Å². The molecular weight excluding hydrogens is 393 g/mol. The smallest absolute Gasteiger partial charge is 0.384 e. The second-order valence-corrected chi connectivity index (χ2v) is 7.27. The van der Waals surface area contributed by atoms with E-state index in [0.717, 1.165) is 41.7 Å². The number of pyridine rings is 1. The molecule has 3 aromatic heterocycles. The maximum absolute atomic E-state index is 12.8. The Bertz CT molecular complexity index is 1230. The van der Waals surface area contributed by atoms with Gasteiger partial charge in [0.2, 0.25) is 5.95 Å². The predicted molar refractivity (Wildman–Crippen MR) is 107 cm³/mol. The summed E-state index contributed by atoms with van der Waals surface area (Å²) in [5, 5.41) is 7.66. The number of fused-ring (bicyclic) bond motifs is 1. The maximum Gasteiger partial charge on any atom is 0.416 e. The van der Waals surface area contributed by atoms with Crippen molar-refractivity contribution in [1.82, 2.24) is 19.6 Å². The quantitative estimate of drug-likeness (QED) is 0.494. The second kappa shape index (κ2) is 6.72. The molecule has 0 amide bonds. The van der Waals surface area contributed by atoms with Gasteiger partial charge in [0.05, 0.1) is 22.5 Å². The van der Waals surface area contributed by atoms with Crippen LogP contribution in [0.3, 0.4) is 0 Å². The average Bonchev–Trinajstić information content (AvgIpc) is 3.47. The van der Waals surface area contributed by atoms with E-state index in [4.69, 9.17) is 10.8 Å². The number of alkyl halides is 3. The maximum atomic E-state index is 12.8. The highest BCUT2D eigenvalue weighted by Crippen LogP contribution is 2.45. The van der Waals surface area contributed by atoms with E-state index in [-0.39, 0.29) is 11.8 Å². The number of nitrogens with one attached hydrogen (secondary N) is 1. The summed E-state index contributed by atoms with van der Waals surface area (Å²) < 4.78 is 40.2. The number of nitrogens with zero attached hydrogens (tertiary/aromatic N) is 4. The lowest BCUT2D eigenvalue weighted by molar-refractivity contribution is -0.137. The zero-order valence-corrected chi connectivity index (χ0v) is 15.7. The van der Waals surface area contributed by atoms with Crippen LogP contribution in [0.4, 0.5) is 30.6 Å². The minimum Gasteiger partial charge on any atom is -0.384 e. The summed E-state index contributed by atoms with van der Waals surface area (Å²) in [6.07, 6.45) is -0.346. The first-order valence-electron chi connectivity index (χ1n) is 9.45. The first-order valence-corrected chi connectivity index (χ1v) is 9.45. The van der Waals surface area contributed by atoms with Gasteiger partial charge in [-0.3, -0.25) is 0 Å². The Kier molecular flexibility index (Phi) is 4.12. The van der Waals surface area contributed by atoms with E-state index in [1.54, 1.807) is 6.07 Å². The number of aromatic nitrogens is 4. The fourth-order valence-electron chi connectivity index (χ4n) is 3.44. The summed E-state index contributed by atoms with van der Waals surface area (Å²) >= 11 is 0. The lowest BCUT2D eigenvalue weighted by atomic mass is 10.1. The van der Waals surface area contributed by atoms with E-state index in [9.17, 15) is 13.2 Å². The number of anilines is 3. The van der Waals surface area contributed by atoms with Crippen LogP contribution in [0.15, 0.2) is 54.7 Å². The van der Waals surface area contributed by atoms with E-state index in [1.807, 2.05) is 28.9 Å². The number of nitrogen functional groups attached to an aromatic ring is 1. The molecule has 0 atom stereocenters. The molecule has 9 heteroatoms. The Morgan fingerprint density at radius 3 is 2.50 bits per heavy atom. The van der Waals surface area contributed by atoms with Crippen molar-refractivity contribution >= 4 is 23.0 Å². The SMILES string of the molecule is Nc1cc(-c2c(C3CC3)nn3ccccc23)nc(Nc2ccc(C(F)(F)F)cc2)n1. The van der Waals surface area contributed by atoms with Crippen LogP contribution in [0.2, 0.25) is 0 Å². The molecule has 0 spiro atoms. The van der Waals surface area contributed by atoms with E-state index >= 15 is 0 Å². The first-order chi connectivity index (χ1) is 14.4. The molecule has 1 aliphatic rings. The Balaban J connectivity index is 1.53. The van der Waals surface area contributed by atoms with Gasteiger partial charge in [-0.05, 0) is 49.2 Å². The third-order valence-electron chi connectivity index (χ3n) is 5.00. The van der Waals surface area contributed by atoms with Gasteiger partial charge in [0.15, 0.2) is 0 Å². The van der Waals surface area contributed by atoms with Gasteiger partial charge < -0.3 is 11.1 Å². The van der Waals surface area contributed by atoms with E-state index in [1.165, 1.54) is 12.1 Å².